The topological polar surface area (TPSA) is 65.4 Å². The van der Waals surface area contributed by atoms with Gasteiger partial charge in [0.25, 0.3) is 0 Å². The fourth-order valence-electron chi connectivity index (χ4n) is 2.12. The smallest absolute Gasteiger partial charge is 0.221 e. The van der Waals surface area contributed by atoms with Crippen LogP contribution in [0.3, 0.4) is 0 Å². The molecule has 0 amide bonds. The Labute approximate surface area is 128 Å². The molecule has 0 atom stereocenters. The van der Waals surface area contributed by atoms with Crippen LogP contribution in [0.5, 0.6) is 5.75 Å². The molecule has 110 valence electrons. The van der Waals surface area contributed by atoms with Crippen molar-refractivity contribution >= 4 is 12.2 Å². The highest BCUT2D eigenvalue weighted by molar-refractivity contribution is 5.83. The van der Waals surface area contributed by atoms with Gasteiger partial charge in [-0.2, -0.15) is 5.10 Å². The number of imidazole rings is 1. The van der Waals surface area contributed by atoms with Gasteiger partial charge < -0.3 is 10.5 Å². The standard InChI is InChI=1S/C17H16N4O/c1-22-16-10-6-5-9-14(16)11-19-21-12-15(20-17(21)18)13-7-3-2-4-8-13/h2-12H,1H3,(H2,18,20)/b19-11-. The zero-order chi connectivity index (χ0) is 15.4. The maximum absolute atomic E-state index is 5.92. The van der Waals surface area contributed by atoms with E-state index in [0.29, 0.717) is 5.95 Å². The Hall–Kier alpha value is -3.08. The number of nitrogens with zero attached hydrogens (tertiary/aromatic N) is 3. The second-order valence-electron chi connectivity index (χ2n) is 4.68. The Morgan fingerprint density at radius 2 is 1.82 bits per heavy atom. The van der Waals surface area contributed by atoms with Crippen molar-refractivity contribution < 1.29 is 4.74 Å². The minimum absolute atomic E-state index is 0.338. The zero-order valence-electron chi connectivity index (χ0n) is 12.2. The summed E-state index contributed by atoms with van der Waals surface area (Å²) < 4.78 is 6.84. The monoisotopic (exact) mass is 292 g/mol. The molecule has 2 aromatic carbocycles. The first-order valence-corrected chi connectivity index (χ1v) is 6.85. The third-order valence-electron chi connectivity index (χ3n) is 3.24. The summed E-state index contributed by atoms with van der Waals surface area (Å²) in [7, 11) is 1.63. The predicted octanol–water partition coefficient (Wildman–Crippen LogP) is 3.02. The molecule has 0 bridgehead atoms. The quantitative estimate of drug-likeness (QED) is 0.752. The molecule has 0 aliphatic rings. The highest BCUT2D eigenvalue weighted by Crippen LogP contribution is 2.20. The highest BCUT2D eigenvalue weighted by atomic mass is 16.5. The molecule has 0 saturated carbocycles. The molecule has 1 heterocycles. The van der Waals surface area contributed by atoms with Crippen LogP contribution in [-0.4, -0.2) is 23.0 Å². The number of hydrogen-bond donors (Lipinski definition) is 1. The van der Waals surface area contributed by atoms with Crippen molar-refractivity contribution in [1.82, 2.24) is 9.66 Å². The van der Waals surface area contributed by atoms with Crippen LogP contribution in [0.2, 0.25) is 0 Å². The van der Waals surface area contributed by atoms with Gasteiger partial charge in [0.15, 0.2) is 0 Å². The Bertz CT molecular complexity index is 793. The van der Waals surface area contributed by atoms with Gasteiger partial charge in [0, 0.05) is 11.1 Å². The molecule has 3 rings (SSSR count). The maximum Gasteiger partial charge on any atom is 0.221 e. The first-order chi connectivity index (χ1) is 10.8. The van der Waals surface area contributed by atoms with Gasteiger partial charge in [-0.1, -0.05) is 42.5 Å². The first-order valence-electron chi connectivity index (χ1n) is 6.85. The lowest BCUT2D eigenvalue weighted by atomic mass is 10.2. The minimum Gasteiger partial charge on any atom is -0.496 e. The highest BCUT2D eigenvalue weighted by Gasteiger charge is 2.06. The summed E-state index contributed by atoms with van der Waals surface area (Å²) in [5.74, 6) is 1.10. The number of rotatable bonds is 4. The first kappa shape index (κ1) is 13.9. The minimum atomic E-state index is 0.338. The van der Waals surface area contributed by atoms with Crippen LogP contribution in [0.15, 0.2) is 65.9 Å². The van der Waals surface area contributed by atoms with E-state index in [9.17, 15) is 0 Å². The molecule has 3 aromatic rings. The maximum atomic E-state index is 5.92. The Morgan fingerprint density at radius 1 is 1.09 bits per heavy atom. The van der Waals surface area contributed by atoms with Gasteiger partial charge >= 0.3 is 0 Å². The van der Waals surface area contributed by atoms with Gasteiger partial charge in [0.1, 0.15) is 5.75 Å². The van der Waals surface area contributed by atoms with E-state index in [0.717, 1.165) is 22.6 Å². The summed E-state index contributed by atoms with van der Waals surface area (Å²) in [6.07, 6.45) is 3.50. The number of hydrogen-bond acceptors (Lipinski definition) is 4. The van der Waals surface area contributed by atoms with Crippen LogP contribution < -0.4 is 10.5 Å². The number of ether oxygens (including phenoxy) is 1. The number of nitrogens with two attached hydrogens (primary N) is 1. The predicted molar refractivity (Wildman–Crippen MR) is 88.1 cm³/mol. The van der Waals surface area contributed by atoms with Crippen LogP contribution >= 0.6 is 0 Å². The summed E-state index contributed by atoms with van der Waals surface area (Å²) in [6, 6.07) is 17.5. The van der Waals surface area contributed by atoms with Gasteiger partial charge in [0.2, 0.25) is 5.95 Å². The molecule has 0 aliphatic heterocycles. The number of para-hydroxylation sites is 1. The van der Waals surface area contributed by atoms with Gasteiger partial charge in [-0.15, -0.1) is 0 Å². The van der Waals surface area contributed by atoms with E-state index in [4.69, 9.17) is 10.5 Å². The van der Waals surface area contributed by atoms with Crippen LogP contribution in [0, 0.1) is 0 Å². The van der Waals surface area contributed by atoms with Gasteiger partial charge in [-0.25, -0.2) is 9.66 Å². The lowest BCUT2D eigenvalue weighted by Gasteiger charge is -2.02. The third-order valence-corrected chi connectivity index (χ3v) is 3.24. The van der Waals surface area contributed by atoms with E-state index >= 15 is 0 Å². The van der Waals surface area contributed by atoms with Crippen molar-refractivity contribution in [2.75, 3.05) is 12.8 Å². The molecule has 1 aromatic heterocycles. The van der Waals surface area contributed by atoms with Crippen LogP contribution in [0.4, 0.5) is 5.95 Å². The van der Waals surface area contributed by atoms with Crippen LogP contribution in [0.1, 0.15) is 5.56 Å². The van der Waals surface area contributed by atoms with E-state index in [1.807, 2.05) is 54.6 Å². The molecule has 22 heavy (non-hydrogen) atoms. The van der Waals surface area contributed by atoms with Crippen LogP contribution in [0.25, 0.3) is 11.3 Å². The van der Waals surface area contributed by atoms with Crippen molar-refractivity contribution in [1.29, 1.82) is 0 Å². The summed E-state index contributed by atoms with van der Waals surface area (Å²) in [5, 5.41) is 4.35. The average Bonchev–Trinajstić information content (AvgIpc) is 2.95. The van der Waals surface area contributed by atoms with Gasteiger partial charge in [-0.3, -0.25) is 0 Å². The summed E-state index contributed by atoms with van der Waals surface area (Å²) >= 11 is 0. The van der Waals surface area contributed by atoms with Crippen molar-refractivity contribution in [3.05, 3.63) is 66.4 Å². The lowest BCUT2D eigenvalue weighted by Crippen LogP contribution is -1.97. The molecule has 0 unspecified atom stereocenters. The molecule has 0 radical (unpaired) electrons. The van der Waals surface area contributed by atoms with Crippen molar-refractivity contribution in [2.45, 2.75) is 0 Å². The molecule has 5 nitrogen and oxygen atoms in total. The van der Waals surface area contributed by atoms with Crippen molar-refractivity contribution in [2.24, 2.45) is 5.10 Å². The fraction of sp³-hybridized carbons (Fsp3) is 0.0588. The van der Waals surface area contributed by atoms with E-state index in [2.05, 4.69) is 10.1 Å². The van der Waals surface area contributed by atoms with E-state index < -0.39 is 0 Å². The van der Waals surface area contributed by atoms with Crippen molar-refractivity contribution in [3.63, 3.8) is 0 Å². The molecular formula is C17H16N4O. The normalized spacial score (nSPS) is 11.0. The lowest BCUT2D eigenvalue weighted by molar-refractivity contribution is 0.414. The largest absolute Gasteiger partial charge is 0.496 e. The van der Waals surface area contributed by atoms with E-state index in [1.165, 1.54) is 0 Å². The summed E-state index contributed by atoms with van der Waals surface area (Å²) in [6.45, 7) is 0. The zero-order valence-corrected chi connectivity index (χ0v) is 12.2. The summed E-state index contributed by atoms with van der Waals surface area (Å²) in [4.78, 5) is 4.33. The van der Waals surface area contributed by atoms with Gasteiger partial charge in [0.05, 0.1) is 25.2 Å². The second kappa shape index (κ2) is 6.13. The van der Waals surface area contributed by atoms with Crippen LogP contribution in [-0.2, 0) is 0 Å². The SMILES string of the molecule is COc1ccccc1/C=N\n1cc(-c2ccccc2)nc1N. The second-order valence-corrected chi connectivity index (χ2v) is 4.68. The Morgan fingerprint density at radius 3 is 2.59 bits per heavy atom. The molecule has 5 heteroatoms. The molecule has 2 N–H and O–H groups in total. The third kappa shape index (κ3) is 2.83. The number of methoxy groups -OCH3 is 1. The Kier molecular flexibility index (Phi) is 3.87. The Balaban J connectivity index is 1.90. The molecule has 0 spiro atoms. The number of aromatic nitrogens is 2. The molecular weight excluding hydrogens is 276 g/mol. The number of benzene rings is 2. The van der Waals surface area contributed by atoms with E-state index in [1.54, 1.807) is 24.2 Å². The summed E-state index contributed by atoms with van der Waals surface area (Å²) in [5.41, 5.74) is 8.58. The number of nitrogen functional groups attached to an aromatic ring is 1. The number of anilines is 1. The van der Waals surface area contributed by atoms with Gasteiger partial charge in [-0.05, 0) is 12.1 Å². The molecule has 0 saturated heterocycles. The van der Waals surface area contributed by atoms with E-state index in [-0.39, 0.29) is 0 Å². The fourth-order valence-corrected chi connectivity index (χ4v) is 2.12. The average molecular weight is 292 g/mol. The molecule has 0 fully saturated rings. The van der Waals surface area contributed by atoms with Crippen molar-refractivity contribution in [3.8, 4) is 17.0 Å². The molecule has 0 aliphatic carbocycles.